The molecule has 1 aliphatic heterocycles. The number of nitrogens with zero attached hydrogens (tertiary/aromatic N) is 2. The maximum atomic E-state index is 12.9. The standard InChI is InChI=1S/C17H26N4O2S.HI/c1-3-11-19-17(18-2)20-14-15-9-5-6-10-16(15)24(22,23)21-12-7-4-8-13-21;/h3,5-6,9-10H,1,4,7-8,11-14H2,2H3,(H2,18,19,20);1H. The van der Waals surface area contributed by atoms with Gasteiger partial charge in [0.05, 0.1) is 4.90 Å². The molecular weight excluding hydrogens is 451 g/mol. The molecule has 0 aliphatic carbocycles. The van der Waals surface area contributed by atoms with E-state index in [1.165, 1.54) is 0 Å². The Morgan fingerprint density at radius 3 is 2.56 bits per heavy atom. The molecule has 2 rings (SSSR count). The second-order valence-corrected chi connectivity index (χ2v) is 7.57. The highest BCUT2D eigenvalue weighted by molar-refractivity contribution is 14.0. The Balaban J connectivity index is 0.00000312. The molecule has 0 saturated carbocycles. The lowest BCUT2D eigenvalue weighted by Gasteiger charge is -2.27. The molecule has 1 aromatic carbocycles. The Morgan fingerprint density at radius 2 is 1.92 bits per heavy atom. The van der Waals surface area contributed by atoms with Crippen molar-refractivity contribution in [3.05, 3.63) is 42.5 Å². The Kier molecular flexibility index (Phi) is 9.44. The summed E-state index contributed by atoms with van der Waals surface area (Å²) in [4.78, 5) is 4.48. The van der Waals surface area contributed by atoms with Gasteiger partial charge in [-0.1, -0.05) is 30.7 Å². The van der Waals surface area contributed by atoms with Crippen molar-refractivity contribution < 1.29 is 8.42 Å². The molecule has 0 aromatic heterocycles. The molecule has 25 heavy (non-hydrogen) atoms. The predicted molar refractivity (Wildman–Crippen MR) is 113 cm³/mol. The highest BCUT2D eigenvalue weighted by Gasteiger charge is 2.27. The lowest BCUT2D eigenvalue weighted by molar-refractivity contribution is 0.346. The van der Waals surface area contributed by atoms with Gasteiger partial charge in [-0.15, -0.1) is 30.6 Å². The van der Waals surface area contributed by atoms with Gasteiger partial charge < -0.3 is 10.6 Å². The molecule has 1 heterocycles. The minimum atomic E-state index is -3.45. The van der Waals surface area contributed by atoms with Crippen LogP contribution in [0.3, 0.4) is 0 Å². The molecule has 2 N–H and O–H groups in total. The minimum absolute atomic E-state index is 0. The van der Waals surface area contributed by atoms with Gasteiger partial charge in [0.2, 0.25) is 10.0 Å². The van der Waals surface area contributed by atoms with E-state index >= 15 is 0 Å². The third-order valence-electron chi connectivity index (χ3n) is 3.99. The number of halogens is 1. The number of aliphatic imine (C=N–C) groups is 1. The van der Waals surface area contributed by atoms with E-state index in [4.69, 9.17) is 0 Å². The van der Waals surface area contributed by atoms with Gasteiger partial charge in [0.25, 0.3) is 0 Å². The highest BCUT2D eigenvalue weighted by atomic mass is 127. The highest BCUT2D eigenvalue weighted by Crippen LogP contribution is 2.23. The first-order chi connectivity index (χ1) is 11.6. The molecule has 1 aromatic rings. The predicted octanol–water partition coefficient (Wildman–Crippen LogP) is 2.33. The van der Waals surface area contributed by atoms with Crippen LogP contribution in [0.5, 0.6) is 0 Å². The summed E-state index contributed by atoms with van der Waals surface area (Å²) in [5.74, 6) is 0.611. The van der Waals surface area contributed by atoms with Crippen molar-refractivity contribution in [2.45, 2.75) is 30.7 Å². The van der Waals surface area contributed by atoms with Crippen LogP contribution >= 0.6 is 24.0 Å². The molecule has 0 unspecified atom stereocenters. The summed E-state index contributed by atoms with van der Waals surface area (Å²) in [6.45, 7) is 5.84. The number of hydrogen-bond donors (Lipinski definition) is 2. The maximum absolute atomic E-state index is 12.9. The molecule has 0 bridgehead atoms. The van der Waals surface area contributed by atoms with E-state index in [-0.39, 0.29) is 24.0 Å². The Bertz CT molecular complexity index is 686. The number of nitrogens with one attached hydrogen (secondary N) is 2. The van der Waals surface area contributed by atoms with Crippen LogP contribution < -0.4 is 10.6 Å². The van der Waals surface area contributed by atoms with E-state index in [1.807, 2.05) is 12.1 Å². The Hall–Kier alpha value is -1.13. The fraction of sp³-hybridized carbons (Fsp3) is 0.471. The fourth-order valence-electron chi connectivity index (χ4n) is 2.71. The van der Waals surface area contributed by atoms with Crippen molar-refractivity contribution in [3.63, 3.8) is 0 Å². The molecule has 1 aliphatic rings. The molecule has 1 fully saturated rings. The SMILES string of the molecule is C=CCNC(=NC)NCc1ccccc1S(=O)(=O)N1CCCCC1.I. The molecular formula is C17H27IN4O2S. The third kappa shape index (κ3) is 5.96. The van der Waals surface area contributed by atoms with Crippen LogP contribution in [0.15, 0.2) is 46.8 Å². The molecule has 8 heteroatoms. The number of sulfonamides is 1. The molecule has 0 radical (unpaired) electrons. The monoisotopic (exact) mass is 478 g/mol. The zero-order valence-electron chi connectivity index (χ0n) is 14.6. The first-order valence-electron chi connectivity index (χ1n) is 8.23. The van der Waals surface area contributed by atoms with Gasteiger partial charge >= 0.3 is 0 Å². The summed E-state index contributed by atoms with van der Waals surface area (Å²) in [5.41, 5.74) is 0.740. The Labute approximate surface area is 167 Å². The Morgan fingerprint density at radius 1 is 1.24 bits per heavy atom. The first kappa shape index (κ1) is 21.9. The van der Waals surface area contributed by atoms with Crippen LogP contribution in [0.1, 0.15) is 24.8 Å². The topological polar surface area (TPSA) is 73.8 Å². The van der Waals surface area contributed by atoms with Crippen molar-refractivity contribution in [2.75, 3.05) is 26.7 Å². The number of benzene rings is 1. The van der Waals surface area contributed by atoms with Gasteiger partial charge in [0.15, 0.2) is 5.96 Å². The quantitative estimate of drug-likeness (QED) is 0.285. The second kappa shape index (κ2) is 10.8. The van der Waals surface area contributed by atoms with Crippen molar-refractivity contribution in [2.24, 2.45) is 4.99 Å². The van der Waals surface area contributed by atoms with Gasteiger partial charge in [-0.2, -0.15) is 4.31 Å². The minimum Gasteiger partial charge on any atom is -0.353 e. The normalized spacial score (nSPS) is 16.0. The molecule has 0 amide bonds. The average Bonchev–Trinajstić information content (AvgIpc) is 2.63. The van der Waals surface area contributed by atoms with E-state index in [0.717, 1.165) is 24.8 Å². The summed E-state index contributed by atoms with van der Waals surface area (Å²) >= 11 is 0. The third-order valence-corrected chi connectivity index (χ3v) is 5.99. The average molecular weight is 478 g/mol. The van der Waals surface area contributed by atoms with Gasteiger partial charge in [-0.25, -0.2) is 8.42 Å². The number of guanidine groups is 1. The van der Waals surface area contributed by atoms with Crippen molar-refractivity contribution >= 4 is 40.0 Å². The van der Waals surface area contributed by atoms with Crippen LogP contribution in [-0.2, 0) is 16.6 Å². The zero-order chi connectivity index (χ0) is 17.4. The number of hydrogen-bond acceptors (Lipinski definition) is 3. The van der Waals surface area contributed by atoms with E-state index in [1.54, 1.807) is 29.6 Å². The maximum Gasteiger partial charge on any atom is 0.243 e. The number of rotatable bonds is 6. The molecule has 6 nitrogen and oxygen atoms in total. The van der Waals surface area contributed by atoms with Crippen molar-refractivity contribution in [1.82, 2.24) is 14.9 Å². The largest absolute Gasteiger partial charge is 0.353 e. The molecule has 0 atom stereocenters. The van der Waals surface area contributed by atoms with Crippen molar-refractivity contribution in [1.29, 1.82) is 0 Å². The van der Waals surface area contributed by atoms with Gasteiger partial charge in [-0.05, 0) is 24.5 Å². The zero-order valence-corrected chi connectivity index (χ0v) is 17.7. The van der Waals surface area contributed by atoms with Crippen molar-refractivity contribution in [3.8, 4) is 0 Å². The first-order valence-corrected chi connectivity index (χ1v) is 9.67. The summed E-state index contributed by atoms with van der Waals surface area (Å²) in [6.07, 6.45) is 4.69. The van der Waals surface area contributed by atoms with Crippen LogP contribution in [-0.4, -0.2) is 45.4 Å². The summed E-state index contributed by atoms with van der Waals surface area (Å²) < 4.78 is 27.5. The smallest absolute Gasteiger partial charge is 0.243 e. The van der Waals surface area contributed by atoms with Crippen LogP contribution in [0.2, 0.25) is 0 Å². The van der Waals surface area contributed by atoms with Crippen LogP contribution in [0.25, 0.3) is 0 Å². The lowest BCUT2D eigenvalue weighted by atomic mass is 10.2. The van der Waals surface area contributed by atoms with Crippen LogP contribution in [0.4, 0.5) is 0 Å². The summed E-state index contributed by atoms with van der Waals surface area (Å²) in [5, 5.41) is 6.22. The molecule has 1 saturated heterocycles. The molecule has 140 valence electrons. The second-order valence-electron chi connectivity index (χ2n) is 5.67. The van der Waals surface area contributed by atoms with E-state index in [9.17, 15) is 8.42 Å². The van der Waals surface area contributed by atoms with Gasteiger partial charge in [0, 0.05) is 33.2 Å². The fourth-order valence-corrected chi connectivity index (χ4v) is 4.45. The van der Waals surface area contributed by atoms with Gasteiger partial charge in [-0.3, -0.25) is 4.99 Å². The van der Waals surface area contributed by atoms with Crippen LogP contribution in [0, 0.1) is 0 Å². The summed E-state index contributed by atoms with van der Waals surface area (Å²) in [6, 6.07) is 7.14. The van der Waals surface area contributed by atoms with E-state index in [2.05, 4.69) is 22.2 Å². The van der Waals surface area contributed by atoms with E-state index in [0.29, 0.717) is 37.0 Å². The molecule has 0 spiro atoms. The number of piperidine rings is 1. The van der Waals surface area contributed by atoms with Gasteiger partial charge in [0.1, 0.15) is 0 Å². The lowest BCUT2D eigenvalue weighted by Crippen LogP contribution is -2.38. The van der Waals surface area contributed by atoms with E-state index < -0.39 is 10.0 Å². The summed E-state index contributed by atoms with van der Waals surface area (Å²) in [7, 11) is -1.77.